The number of halogens is 3. The van der Waals surface area contributed by atoms with Gasteiger partial charge in [0.05, 0.1) is 12.5 Å². The van der Waals surface area contributed by atoms with E-state index in [0.717, 1.165) is 33.1 Å². The molecule has 0 spiro atoms. The van der Waals surface area contributed by atoms with E-state index < -0.39 is 0 Å². The van der Waals surface area contributed by atoms with Crippen molar-refractivity contribution in [3.8, 4) is 5.75 Å². The Morgan fingerprint density at radius 3 is 2.13 bits per heavy atom. The Kier molecular flexibility index (Phi) is 5.01. The van der Waals surface area contributed by atoms with Crippen LogP contribution >= 0.6 is 34.8 Å². The average molecular weight is 366 g/mol. The third-order valence-corrected chi connectivity index (χ3v) is 4.67. The fourth-order valence-electron chi connectivity index (χ4n) is 2.68. The first-order valence-corrected chi connectivity index (χ1v) is 8.43. The predicted molar refractivity (Wildman–Crippen MR) is 99.5 cm³/mol. The molecule has 1 nitrogen and oxygen atoms in total. The van der Waals surface area contributed by atoms with E-state index in [-0.39, 0.29) is 5.38 Å². The number of methoxy groups -OCH3 is 1. The molecule has 0 saturated heterocycles. The van der Waals surface area contributed by atoms with E-state index in [0.29, 0.717) is 11.4 Å². The molecule has 0 amide bonds. The molecule has 2 aromatic rings. The lowest BCUT2D eigenvalue weighted by atomic mass is 9.87. The third kappa shape index (κ3) is 3.58. The van der Waals surface area contributed by atoms with Crippen molar-refractivity contribution in [3.63, 3.8) is 0 Å². The van der Waals surface area contributed by atoms with Gasteiger partial charge in [0.25, 0.3) is 0 Å². The van der Waals surface area contributed by atoms with Gasteiger partial charge in [0.1, 0.15) is 5.75 Å². The van der Waals surface area contributed by atoms with E-state index in [1.54, 1.807) is 7.11 Å². The summed E-state index contributed by atoms with van der Waals surface area (Å²) in [6.45, 7) is 0. The molecule has 0 fully saturated rings. The van der Waals surface area contributed by atoms with Crippen LogP contribution in [0.4, 0.5) is 0 Å². The lowest BCUT2D eigenvalue weighted by Crippen LogP contribution is -2.06. The molecule has 23 heavy (non-hydrogen) atoms. The zero-order valence-corrected chi connectivity index (χ0v) is 14.8. The number of alkyl halides is 1. The highest BCUT2D eigenvalue weighted by molar-refractivity contribution is 6.38. The highest BCUT2D eigenvalue weighted by Gasteiger charge is 2.22. The van der Waals surface area contributed by atoms with E-state index in [1.807, 2.05) is 48.5 Å². The topological polar surface area (TPSA) is 9.23 Å². The maximum absolute atomic E-state index is 6.56. The Bertz CT molecular complexity index is 758. The molecule has 3 rings (SSSR count). The Hall–Kier alpha value is -1.41. The Balaban J connectivity index is 2.08. The van der Waals surface area contributed by atoms with E-state index >= 15 is 0 Å². The molecule has 0 aromatic heterocycles. The van der Waals surface area contributed by atoms with Crippen molar-refractivity contribution in [2.75, 3.05) is 7.11 Å². The summed E-state index contributed by atoms with van der Waals surface area (Å²) in [4.78, 5) is 0. The highest BCUT2D eigenvalue weighted by Crippen LogP contribution is 2.42. The predicted octanol–water partition coefficient (Wildman–Crippen LogP) is 6.39. The summed E-state index contributed by atoms with van der Waals surface area (Å²) < 4.78 is 5.23. The summed E-state index contributed by atoms with van der Waals surface area (Å²) in [6, 6.07) is 15.6. The monoisotopic (exact) mass is 364 g/mol. The van der Waals surface area contributed by atoms with Crippen LogP contribution in [0.25, 0.3) is 11.1 Å². The molecule has 0 bridgehead atoms. The van der Waals surface area contributed by atoms with Crippen molar-refractivity contribution < 1.29 is 4.74 Å². The zero-order chi connectivity index (χ0) is 16.4. The number of rotatable bonds is 3. The minimum absolute atomic E-state index is 0.116. The summed E-state index contributed by atoms with van der Waals surface area (Å²) in [5.74, 6) is 0.813. The quantitative estimate of drug-likeness (QED) is 0.572. The molecule has 1 aliphatic carbocycles. The van der Waals surface area contributed by atoms with Gasteiger partial charge in [-0.3, -0.25) is 0 Å². The van der Waals surface area contributed by atoms with Gasteiger partial charge in [-0.05, 0) is 41.0 Å². The van der Waals surface area contributed by atoms with Gasteiger partial charge in [-0.2, -0.15) is 0 Å². The first kappa shape index (κ1) is 16.4. The van der Waals surface area contributed by atoms with Crippen molar-refractivity contribution in [2.45, 2.75) is 11.8 Å². The van der Waals surface area contributed by atoms with Crippen LogP contribution in [-0.4, -0.2) is 12.5 Å². The largest absolute Gasteiger partial charge is 0.497 e. The molecule has 118 valence electrons. The van der Waals surface area contributed by atoms with Crippen LogP contribution in [0.5, 0.6) is 5.75 Å². The highest BCUT2D eigenvalue weighted by atomic mass is 35.5. The third-order valence-electron chi connectivity index (χ3n) is 3.80. The average Bonchev–Trinajstić information content (AvgIpc) is 2.55. The van der Waals surface area contributed by atoms with Crippen molar-refractivity contribution >= 4 is 45.9 Å². The van der Waals surface area contributed by atoms with Crippen LogP contribution in [0.15, 0.2) is 59.6 Å². The molecule has 0 aliphatic heterocycles. The minimum atomic E-state index is -0.116. The lowest BCUT2D eigenvalue weighted by molar-refractivity contribution is 0.415. The number of ether oxygens (including phenoxy) is 1. The fraction of sp³-hybridized carbons (Fsp3) is 0.158. The van der Waals surface area contributed by atoms with Crippen LogP contribution in [0.2, 0.25) is 5.02 Å². The molecule has 1 unspecified atom stereocenters. The van der Waals surface area contributed by atoms with Gasteiger partial charge in [-0.25, -0.2) is 0 Å². The standard InChI is InChI=1S/C19H15Cl3O/c1-23-16-8-4-13(5-9-16)19-17(10-15(21)11-18(19)22)12-2-6-14(20)7-3-12/h2-10,15H,11H2,1H3. The second-order valence-corrected chi connectivity index (χ2v) is 6.77. The second kappa shape index (κ2) is 7.00. The van der Waals surface area contributed by atoms with Crippen LogP contribution in [0, 0.1) is 0 Å². The van der Waals surface area contributed by atoms with Crippen LogP contribution in [0.1, 0.15) is 17.5 Å². The Morgan fingerprint density at radius 1 is 0.913 bits per heavy atom. The lowest BCUT2D eigenvalue weighted by Gasteiger charge is -2.22. The van der Waals surface area contributed by atoms with Gasteiger partial charge in [0.2, 0.25) is 0 Å². The van der Waals surface area contributed by atoms with E-state index in [1.165, 1.54) is 0 Å². The SMILES string of the molecule is COc1ccc(C2=C(Cl)CC(Cl)C=C2c2ccc(Cl)cc2)cc1. The second-order valence-electron chi connectivity index (χ2n) is 5.32. The molecular formula is C19H15Cl3O. The van der Waals surface area contributed by atoms with E-state index in [9.17, 15) is 0 Å². The van der Waals surface area contributed by atoms with Gasteiger partial charge < -0.3 is 4.74 Å². The normalized spacial score (nSPS) is 17.9. The van der Waals surface area contributed by atoms with E-state index in [4.69, 9.17) is 39.5 Å². The van der Waals surface area contributed by atoms with E-state index in [2.05, 4.69) is 6.08 Å². The van der Waals surface area contributed by atoms with Gasteiger partial charge in [-0.1, -0.05) is 53.5 Å². The summed E-state index contributed by atoms with van der Waals surface area (Å²) in [6.07, 6.45) is 2.68. The molecule has 1 aliphatic rings. The van der Waals surface area contributed by atoms with Crippen molar-refractivity contribution in [1.82, 2.24) is 0 Å². The summed E-state index contributed by atoms with van der Waals surface area (Å²) in [7, 11) is 1.65. The molecule has 1 atom stereocenters. The first-order valence-electron chi connectivity index (χ1n) is 7.24. The summed E-state index contributed by atoms with van der Waals surface area (Å²) >= 11 is 18.9. The van der Waals surface area contributed by atoms with Gasteiger partial charge in [0, 0.05) is 22.0 Å². The number of hydrogen-bond donors (Lipinski definition) is 0. The molecule has 0 N–H and O–H groups in total. The van der Waals surface area contributed by atoms with Gasteiger partial charge >= 0.3 is 0 Å². The molecule has 4 heteroatoms. The summed E-state index contributed by atoms with van der Waals surface area (Å²) in [5, 5.41) is 1.35. The molecule has 0 saturated carbocycles. The number of allylic oxidation sites excluding steroid dienone is 4. The molecular weight excluding hydrogens is 351 g/mol. The van der Waals surface area contributed by atoms with Crippen molar-refractivity contribution in [3.05, 3.63) is 75.8 Å². The van der Waals surface area contributed by atoms with Crippen LogP contribution in [0.3, 0.4) is 0 Å². The summed E-state index contributed by atoms with van der Waals surface area (Å²) in [5.41, 5.74) is 4.13. The van der Waals surface area contributed by atoms with Crippen LogP contribution in [-0.2, 0) is 0 Å². The first-order chi connectivity index (χ1) is 11.1. The fourth-order valence-corrected chi connectivity index (χ4v) is 3.54. The van der Waals surface area contributed by atoms with Crippen LogP contribution < -0.4 is 4.74 Å². The van der Waals surface area contributed by atoms with Gasteiger partial charge in [-0.15, -0.1) is 11.6 Å². The maximum Gasteiger partial charge on any atom is 0.118 e. The number of benzene rings is 2. The Labute approximate surface area is 151 Å². The Morgan fingerprint density at radius 2 is 1.52 bits per heavy atom. The zero-order valence-electron chi connectivity index (χ0n) is 12.5. The van der Waals surface area contributed by atoms with Crippen molar-refractivity contribution in [1.29, 1.82) is 0 Å². The molecule has 0 heterocycles. The van der Waals surface area contributed by atoms with Crippen molar-refractivity contribution in [2.24, 2.45) is 0 Å². The number of hydrogen-bond acceptors (Lipinski definition) is 1. The maximum atomic E-state index is 6.56. The minimum Gasteiger partial charge on any atom is -0.497 e. The van der Waals surface area contributed by atoms with Gasteiger partial charge in [0.15, 0.2) is 0 Å². The molecule has 0 radical (unpaired) electrons. The smallest absolute Gasteiger partial charge is 0.118 e. The molecule has 2 aromatic carbocycles.